The molecule has 3 aliphatic rings. The van der Waals surface area contributed by atoms with E-state index in [1.807, 2.05) is 0 Å². The number of hydrogen-bond acceptors (Lipinski definition) is 2. The standard InChI is InChI=1S/C19H27NO/c1-2-8-17-15(6-1)7-5-9-18(17)20-14-16-10-13-19(21-16)11-3-4-12-19/h5,7,9,16,20H,1-4,6,8,10-14H2. The molecule has 1 aromatic carbocycles. The quantitative estimate of drug-likeness (QED) is 0.884. The molecule has 0 aromatic heterocycles. The van der Waals surface area contributed by atoms with Crippen molar-refractivity contribution >= 4 is 5.69 Å². The van der Waals surface area contributed by atoms with Gasteiger partial charge in [0.2, 0.25) is 0 Å². The minimum absolute atomic E-state index is 0.266. The van der Waals surface area contributed by atoms with Gasteiger partial charge in [-0.05, 0) is 68.6 Å². The van der Waals surface area contributed by atoms with Crippen molar-refractivity contribution in [2.24, 2.45) is 0 Å². The highest BCUT2D eigenvalue weighted by Gasteiger charge is 2.41. The van der Waals surface area contributed by atoms with Gasteiger partial charge in [0, 0.05) is 12.2 Å². The van der Waals surface area contributed by atoms with Crippen LogP contribution in [-0.4, -0.2) is 18.2 Å². The molecule has 2 nitrogen and oxygen atoms in total. The van der Waals surface area contributed by atoms with Crippen molar-refractivity contribution < 1.29 is 4.74 Å². The van der Waals surface area contributed by atoms with Gasteiger partial charge in [-0.25, -0.2) is 0 Å². The molecule has 0 radical (unpaired) electrons. The number of hydrogen-bond donors (Lipinski definition) is 1. The van der Waals surface area contributed by atoms with Crippen molar-refractivity contribution in [3.05, 3.63) is 29.3 Å². The molecule has 1 saturated carbocycles. The van der Waals surface area contributed by atoms with E-state index in [1.54, 1.807) is 11.1 Å². The van der Waals surface area contributed by atoms with Crippen LogP contribution in [0.2, 0.25) is 0 Å². The average Bonchev–Trinajstić information content (AvgIpc) is 3.15. The van der Waals surface area contributed by atoms with Crippen LogP contribution in [0.4, 0.5) is 5.69 Å². The number of ether oxygens (including phenoxy) is 1. The van der Waals surface area contributed by atoms with Gasteiger partial charge in [-0.2, -0.15) is 0 Å². The number of anilines is 1. The second kappa shape index (κ2) is 5.64. The molecule has 114 valence electrons. The van der Waals surface area contributed by atoms with E-state index in [0.717, 1.165) is 6.54 Å². The normalized spacial score (nSPS) is 27.0. The topological polar surface area (TPSA) is 21.3 Å². The predicted octanol–water partition coefficient (Wildman–Crippen LogP) is 4.47. The van der Waals surface area contributed by atoms with Crippen LogP contribution >= 0.6 is 0 Å². The Hall–Kier alpha value is -1.02. The molecule has 0 bridgehead atoms. The van der Waals surface area contributed by atoms with Crippen molar-refractivity contribution in [3.63, 3.8) is 0 Å². The van der Waals surface area contributed by atoms with Gasteiger partial charge in [-0.15, -0.1) is 0 Å². The van der Waals surface area contributed by atoms with E-state index in [1.165, 1.54) is 69.9 Å². The molecule has 1 heterocycles. The maximum Gasteiger partial charge on any atom is 0.0756 e. The second-order valence-corrected chi connectivity index (χ2v) is 7.20. The Labute approximate surface area is 128 Å². The zero-order valence-corrected chi connectivity index (χ0v) is 13.0. The molecule has 21 heavy (non-hydrogen) atoms. The summed E-state index contributed by atoms with van der Waals surface area (Å²) in [7, 11) is 0. The van der Waals surface area contributed by atoms with E-state index in [-0.39, 0.29) is 5.60 Å². The summed E-state index contributed by atoms with van der Waals surface area (Å²) in [5.41, 5.74) is 4.76. The van der Waals surface area contributed by atoms with Crippen molar-refractivity contribution in [1.29, 1.82) is 0 Å². The summed E-state index contributed by atoms with van der Waals surface area (Å²) in [6.45, 7) is 0.984. The van der Waals surface area contributed by atoms with E-state index in [4.69, 9.17) is 4.74 Å². The first kappa shape index (κ1) is 13.6. The Morgan fingerprint density at radius 1 is 1.05 bits per heavy atom. The minimum Gasteiger partial charge on any atom is -0.382 e. The Balaban J connectivity index is 1.39. The lowest BCUT2D eigenvalue weighted by Crippen LogP contribution is -2.28. The van der Waals surface area contributed by atoms with Gasteiger partial charge in [0.05, 0.1) is 11.7 Å². The molecule has 1 unspecified atom stereocenters. The molecule has 0 amide bonds. The van der Waals surface area contributed by atoms with E-state index < -0.39 is 0 Å². The smallest absolute Gasteiger partial charge is 0.0756 e. The fraction of sp³-hybridized carbons (Fsp3) is 0.684. The van der Waals surface area contributed by atoms with Crippen LogP contribution in [0.15, 0.2) is 18.2 Å². The molecule has 1 aliphatic heterocycles. The fourth-order valence-corrected chi connectivity index (χ4v) is 4.60. The predicted molar refractivity (Wildman–Crippen MR) is 86.9 cm³/mol. The molecule has 2 aliphatic carbocycles. The van der Waals surface area contributed by atoms with E-state index in [2.05, 4.69) is 23.5 Å². The Bertz CT molecular complexity index is 504. The first-order valence-corrected chi connectivity index (χ1v) is 8.87. The van der Waals surface area contributed by atoms with E-state index in [9.17, 15) is 0 Å². The minimum atomic E-state index is 0.266. The van der Waals surface area contributed by atoms with Gasteiger partial charge >= 0.3 is 0 Å². The molecule has 4 rings (SSSR count). The highest BCUT2D eigenvalue weighted by molar-refractivity contribution is 5.55. The van der Waals surface area contributed by atoms with Crippen LogP contribution in [0.5, 0.6) is 0 Å². The molecule has 2 heteroatoms. The summed E-state index contributed by atoms with van der Waals surface area (Å²) in [6, 6.07) is 6.77. The van der Waals surface area contributed by atoms with Crippen LogP contribution in [-0.2, 0) is 17.6 Å². The number of benzene rings is 1. The number of aryl methyl sites for hydroxylation is 1. The summed E-state index contributed by atoms with van der Waals surface area (Å²) < 4.78 is 6.41. The highest BCUT2D eigenvalue weighted by Crippen LogP contribution is 2.43. The van der Waals surface area contributed by atoms with Gasteiger partial charge in [0.15, 0.2) is 0 Å². The van der Waals surface area contributed by atoms with Crippen LogP contribution in [0.25, 0.3) is 0 Å². The Morgan fingerprint density at radius 2 is 1.90 bits per heavy atom. The molecular weight excluding hydrogens is 258 g/mol. The maximum absolute atomic E-state index is 6.41. The van der Waals surface area contributed by atoms with Crippen LogP contribution in [0, 0.1) is 0 Å². The van der Waals surface area contributed by atoms with Crippen LogP contribution in [0.1, 0.15) is 62.5 Å². The van der Waals surface area contributed by atoms with Gasteiger partial charge in [-0.3, -0.25) is 0 Å². The third-order valence-electron chi connectivity index (χ3n) is 5.77. The third kappa shape index (κ3) is 2.70. The highest BCUT2D eigenvalue weighted by atomic mass is 16.5. The summed E-state index contributed by atoms with van der Waals surface area (Å²) >= 11 is 0. The molecule has 1 saturated heterocycles. The zero-order chi connectivity index (χ0) is 14.1. The van der Waals surface area contributed by atoms with Crippen LogP contribution in [0.3, 0.4) is 0 Å². The number of nitrogens with one attached hydrogen (secondary N) is 1. The first-order valence-electron chi connectivity index (χ1n) is 8.87. The molecule has 2 fully saturated rings. The summed E-state index contributed by atoms with van der Waals surface area (Å²) in [5, 5.41) is 3.70. The summed E-state index contributed by atoms with van der Waals surface area (Å²) in [5.74, 6) is 0. The monoisotopic (exact) mass is 285 g/mol. The SMILES string of the molecule is c1cc2c(c(NCC3CCC4(CCCC4)O3)c1)CCCC2. The lowest BCUT2D eigenvalue weighted by molar-refractivity contribution is -0.0307. The lowest BCUT2D eigenvalue weighted by Gasteiger charge is -2.25. The molecule has 1 aromatic rings. The van der Waals surface area contributed by atoms with Gasteiger partial charge < -0.3 is 10.1 Å². The lowest BCUT2D eigenvalue weighted by atomic mass is 9.90. The molecule has 1 spiro atoms. The fourth-order valence-electron chi connectivity index (χ4n) is 4.60. The van der Waals surface area contributed by atoms with E-state index >= 15 is 0 Å². The Kier molecular flexibility index (Phi) is 3.66. The summed E-state index contributed by atoms with van der Waals surface area (Å²) in [6.07, 6.45) is 13.5. The second-order valence-electron chi connectivity index (χ2n) is 7.20. The summed E-state index contributed by atoms with van der Waals surface area (Å²) in [4.78, 5) is 0. The number of fused-ring (bicyclic) bond motifs is 1. The Morgan fingerprint density at radius 3 is 2.81 bits per heavy atom. The number of rotatable bonds is 3. The molecule has 1 atom stereocenters. The van der Waals surface area contributed by atoms with Crippen molar-refractivity contribution in [3.8, 4) is 0 Å². The van der Waals surface area contributed by atoms with Crippen LogP contribution < -0.4 is 5.32 Å². The molecular formula is C19H27NO. The molecule has 1 N–H and O–H groups in total. The maximum atomic E-state index is 6.41. The van der Waals surface area contributed by atoms with Gasteiger partial charge in [0.1, 0.15) is 0 Å². The average molecular weight is 285 g/mol. The zero-order valence-electron chi connectivity index (χ0n) is 13.0. The van der Waals surface area contributed by atoms with Crippen molar-refractivity contribution in [2.75, 3.05) is 11.9 Å². The van der Waals surface area contributed by atoms with Crippen molar-refractivity contribution in [2.45, 2.75) is 75.9 Å². The van der Waals surface area contributed by atoms with E-state index in [0.29, 0.717) is 6.10 Å². The van der Waals surface area contributed by atoms with Crippen molar-refractivity contribution in [1.82, 2.24) is 0 Å². The van der Waals surface area contributed by atoms with Gasteiger partial charge in [-0.1, -0.05) is 25.0 Å². The first-order chi connectivity index (χ1) is 10.3. The largest absolute Gasteiger partial charge is 0.382 e. The van der Waals surface area contributed by atoms with Gasteiger partial charge in [0.25, 0.3) is 0 Å². The third-order valence-corrected chi connectivity index (χ3v) is 5.77.